The highest BCUT2D eigenvalue weighted by Gasteiger charge is 2.39. The van der Waals surface area contributed by atoms with Crippen LogP contribution in [0, 0.1) is 13.8 Å². The van der Waals surface area contributed by atoms with Crippen molar-refractivity contribution in [1.82, 2.24) is 20.6 Å². The van der Waals surface area contributed by atoms with E-state index >= 15 is 0 Å². The number of phenols is 1. The number of azo groups is 1. The summed E-state index contributed by atoms with van der Waals surface area (Å²) in [6.45, 7) is 3.98. The second-order valence-corrected chi connectivity index (χ2v) is 8.99. The SMILES string of the molecule is Cc1ccc(N2N=C(c3ccco3)C(N=Nc3cccc(-c4cccc(-c5nn[nH]n5)c4)c3O)C2=O)cc1C. The minimum atomic E-state index is -1.05. The summed E-state index contributed by atoms with van der Waals surface area (Å²) in [5.41, 5.74) is 5.28. The van der Waals surface area contributed by atoms with E-state index in [9.17, 15) is 9.90 Å². The lowest BCUT2D eigenvalue weighted by atomic mass is 10.0. The monoisotopic (exact) mass is 518 g/mol. The Bertz CT molecular complexity index is 1730. The molecule has 2 aromatic heterocycles. The highest BCUT2D eigenvalue weighted by atomic mass is 16.3. The number of H-pyrrole nitrogens is 1. The van der Waals surface area contributed by atoms with Gasteiger partial charge in [0.1, 0.15) is 11.4 Å². The van der Waals surface area contributed by atoms with Crippen LogP contribution in [0.15, 0.2) is 98.8 Å². The van der Waals surface area contributed by atoms with E-state index < -0.39 is 6.04 Å². The first kappa shape index (κ1) is 23.9. The molecule has 0 fully saturated rings. The summed E-state index contributed by atoms with van der Waals surface area (Å²) in [5, 5.41) is 39.6. The first-order valence-electron chi connectivity index (χ1n) is 12.1. The van der Waals surface area contributed by atoms with Gasteiger partial charge in [0, 0.05) is 11.1 Å². The van der Waals surface area contributed by atoms with E-state index in [2.05, 4.69) is 36.0 Å². The van der Waals surface area contributed by atoms with E-state index in [1.54, 1.807) is 30.3 Å². The fourth-order valence-electron chi connectivity index (χ4n) is 4.27. The molecule has 5 aromatic rings. The van der Waals surface area contributed by atoms with Gasteiger partial charge in [-0.25, -0.2) is 0 Å². The van der Waals surface area contributed by atoms with Gasteiger partial charge in [0.2, 0.25) is 5.82 Å². The maximum Gasteiger partial charge on any atom is 0.280 e. The number of aromatic hydroxyl groups is 1. The number of nitrogens with zero attached hydrogens (tertiary/aromatic N) is 7. The Morgan fingerprint density at radius 2 is 1.82 bits per heavy atom. The highest BCUT2D eigenvalue weighted by Crippen LogP contribution is 2.38. The molecule has 6 rings (SSSR count). The van der Waals surface area contributed by atoms with Crippen molar-refractivity contribution in [1.29, 1.82) is 0 Å². The molecule has 1 amide bonds. The Labute approximate surface area is 222 Å². The minimum Gasteiger partial charge on any atom is -0.505 e. The number of para-hydroxylation sites is 1. The first-order valence-corrected chi connectivity index (χ1v) is 12.1. The number of hydrogen-bond acceptors (Lipinski definition) is 9. The van der Waals surface area contributed by atoms with Gasteiger partial charge in [0.15, 0.2) is 17.6 Å². The number of benzene rings is 3. The Balaban J connectivity index is 1.34. The van der Waals surface area contributed by atoms with Crippen molar-refractivity contribution in [2.24, 2.45) is 15.3 Å². The molecule has 3 heterocycles. The molecule has 3 aromatic carbocycles. The Hall–Kier alpha value is -5.45. The summed E-state index contributed by atoms with van der Waals surface area (Å²) < 4.78 is 5.54. The number of carbonyl (C=O) groups excluding carboxylic acids is 1. The van der Waals surface area contributed by atoms with Crippen LogP contribution in [0.25, 0.3) is 22.5 Å². The molecule has 1 aliphatic rings. The molecule has 0 radical (unpaired) electrons. The van der Waals surface area contributed by atoms with Gasteiger partial charge in [-0.1, -0.05) is 36.4 Å². The van der Waals surface area contributed by atoms with E-state index in [1.807, 2.05) is 56.3 Å². The van der Waals surface area contributed by atoms with Crippen molar-refractivity contribution >= 4 is 23.0 Å². The number of aryl methyl sites for hydroxylation is 2. The van der Waals surface area contributed by atoms with Crippen molar-refractivity contribution < 1.29 is 14.3 Å². The van der Waals surface area contributed by atoms with E-state index in [4.69, 9.17) is 4.42 Å². The molecule has 39 heavy (non-hydrogen) atoms. The average Bonchev–Trinajstić information content (AvgIpc) is 3.72. The van der Waals surface area contributed by atoms with Crippen LogP contribution in [-0.4, -0.2) is 43.4 Å². The summed E-state index contributed by atoms with van der Waals surface area (Å²) >= 11 is 0. The molecule has 1 atom stereocenters. The van der Waals surface area contributed by atoms with Gasteiger partial charge in [-0.15, -0.1) is 10.2 Å². The van der Waals surface area contributed by atoms with Crippen molar-refractivity contribution in [2.75, 3.05) is 5.01 Å². The third kappa shape index (κ3) is 4.46. The van der Waals surface area contributed by atoms with Gasteiger partial charge in [-0.05, 0) is 72.1 Å². The van der Waals surface area contributed by atoms with Gasteiger partial charge in [0.25, 0.3) is 5.91 Å². The Morgan fingerprint density at radius 1 is 0.974 bits per heavy atom. The Morgan fingerprint density at radius 3 is 2.59 bits per heavy atom. The number of aromatic nitrogens is 4. The fraction of sp³-hybridized carbons (Fsp3) is 0.107. The number of furan rings is 1. The topological polar surface area (TPSA) is 145 Å². The standard InChI is InChI=1S/C28H22N8O3/c1-16-11-12-20(14-17(16)2)36-28(38)25(24(33-36)23-10-5-13-39-23)30-29-22-9-4-8-21(26(22)37)18-6-3-7-19(15-18)27-31-34-35-32-27/h3-15,25,37H,1-2H3,(H,31,32,34,35). The van der Waals surface area contributed by atoms with Crippen LogP contribution in [-0.2, 0) is 4.79 Å². The molecule has 11 heteroatoms. The number of phenolic OH excluding ortho intramolecular Hbond substituents is 1. The molecule has 1 aliphatic heterocycles. The summed E-state index contributed by atoms with van der Waals surface area (Å²) in [6, 6.07) is 20.6. The maximum absolute atomic E-state index is 13.5. The summed E-state index contributed by atoms with van der Waals surface area (Å²) in [7, 11) is 0. The second-order valence-electron chi connectivity index (χ2n) is 8.99. The lowest BCUT2D eigenvalue weighted by Gasteiger charge is -2.14. The van der Waals surface area contributed by atoms with Crippen LogP contribution in [0.4, 0.5) is 11.4 Å². The quantitative estimate of drug-likeness (QED) is 0.290. The van der Waals surface area contributed by atoms with E-state index in [-0.39, 0.29) is 17.3 Å². The molecule has 1 unspecified atom stereocenters. The van der Waals surface area contributed by atoms with Gasteiger partial charge in [-0.3, -0.25) is 4.79 Å². The van der Waals surface area contributed by atoms with Crippen LogP contribution < -0.4 is 5.01 Å². The summed E-state index contributed by atoms with van der Waals surface area (Å²) in [5.74, 6) is 0.385. The number of aromatic amines is 1. The molecule has 11 nitrogen and oxygen atoms in total. The highest BCUT2D eigenvalue weighted by molar-refractivity contribution is 6.23. The zero-order chi connectivity index (χ0) is 26.9. The molecule has 2 N–H and O–H groups in total. The van der Waals surface area contributed by atoms with Crippen LogP contribution in [0.3, 0.4) is 0 Å². The van der Waals surface area contributed by atoms with Crippen molar-refractivity contribution in [3.05, 3.63) is 95.9 Å². The van der Waals surface area contributed by atoms with Crippen molar-refractivity contribution in [3.63, 3.8) is 0 Å². The summed E-state index contributed by atoms with van der Waals surface area (Å²) in [4.78, 5) is 13.5. The molecule has 0 saturated carbocycles. The number of hydrogen-bond donors (Lipinski definition) is 2. The third-order valence-electron chi connectivity index (χ3n) is 6.49. The van der Waals surface area contributed by atoms with Gasteiger partial charge in [-0.2, -0.15) is 25.6 Å². The predicted octanol–water partition coefficient (Wildman–Crippen LogP) is 5.35. The van der Waals surface area contributed by atoms with E-state index in [0.717, 1.165) is 22.3 Å². The molecular formula is C28H22N8O3. The number of carbonyl (C=O) groups is 1. The Kier molecular flexibility index (Phi) is 6.00. The molecule has 0 saturated heterocycles. The first-order chi connectivity index (χ1) is 19.0. The van der Waals surface area contributed by atoms with E-state index in [0.29, 0.717) is 28.5 Å². The van der Waals surface area contributed by atoms with Crippen LogP contribution in [0.2, 0.25) is 0 Å². The summed E-state index contributed by atoms with van der Waals surface area (Å²) in [6.07, 6.45) is 1.51. The largest absolute Gasteiger partial charge is 0.505 e. The van der Waals surface area contributed by atoms with Gasteiger partial charge in [0.05, 0.1) is 12.0 Å². The number of anilines is 1. The van der Waals surface area contributed by atoms with Gasteiger partial charge >= 0.3 is 0 Å². The second kappa shape index (κ2) is 9.78. The predicted molar refractivity (Wildman–Crippen MR) is 144 cm³/mol. The average molecular weight is 519 g/mol. The van der Waals surface area contributed by atoms with E-state index in [1.165, 1.54) is 11.3 Å². The lowest BCUT2D eigenvalue weighted by molar-refractivity contribution is -0.117. The molecule has 0 aliphatic carbocycles. The zero-order valence-electron chi connectivity index (χ0n) is 21.0. The van der Waals surface area contributed by atoms with Crippen molar-refractivity contribution in [3.8, 4) is 28.3 Å². The maximum atomic E-state index is 13.5. The minimum absolute atomic E-state index is 0.0838. The normalized spacial score (nSPS) is 15.3. The number of rotatable bonds is 6. The number of nitrogens with one attached hydrogen (secondary N) is 1. The van der Waals surface area contributed by atoms with Crippen LogP contribution >= 0.6 is 0 Å². The number of tetrazole rings is 1. The number of hydrazone groups is 1. The number of amides is 1. The van der Waals surface area contributed by atoms with Gasteiger partial charge < -0.3 is 9.52 Å². The molecule has 192 valence electrons. The lowest BCUT2D eigenvalue weighted by Crippen LogP contribution is -2.30. The van der Waals surface area contributed by atoms with Crippen LogP contribution in [0.1, 0.15) is 16.9 Å². The molecule has 0 spiro atoms. The third-order valence-corrected chi connectivity index (χ3v) is 6.49. The molecular weight excluding hydrogens is 496 g/mol. The molecule has 0 bridgehead atoms. The zero-order valence-corrected chi connectivity index (χ0v) is 21.0. The fourth-order valence-corrected chi connectivity index (χ4v) is 4.27. The van der Waals surface area contributed by atoms with Crippen LogP contribution in [0.5, 0.6) is 5.75 Å². The smallest absolute Gasteiger partial charge is 0.280 e. The van der Waals surface area contributed by atoms with Crippen molar-refractivity contribution in [2.45, 2.75) is 19.9 Å².